The molecule has 1 aromatic carbocycles. The molecule has 0 radical (unpaired) electrons. The number of hydrogen-bond acceptors (Lipinski definition) is 3. The second-order valence-corrected chi connectivity index (χ2v) is 4.46. The highest BCUT2D eigenvalue weighted by Crippen LogP contribution is 2.08. The third kappa shape index (κ3) is 3.35. The number of thiocarbonyl (C=S) groups is 1. The van der Waals surface area contributed by atoms with Crippen LogP contribution in [0.15, 0.2) is 42.2 Å². The van der Waals surface area contributed by atoms with Gasteiger partial charge in [-0.25, -0.2) is 0 Å². The van der Waals surface area contributed by atoms with Gasteiger partial charge in [0.05, 0.1) is 0 Å². The van der Waals surface area contributed by atoms with E-state index in [2.05, 4.69) is 9.80 Å². The van der Waals surface area contributed by atoms with Crippen LogP contribution in [0.2, 0.25) is 0 Å². The fourth-order valence-electron chi connectivity index (χ4n) is 1.46. The van der Waals surface area contributed by atoms with Crippen LogP contribution in [0.3, 0.4) is 0 Å². The molecule has 0 N–H and O–H groups in total. The molecule has 0 aromatic heterocycles. The molecule has 2 nitrogen and oxygen atoms in total. The van der Waals surface area contributed by atoms with E-state index in [-0.39, 0.29) is 0 Å². The Bertz CT molecular complexity index is 370. The Hall–Kier alpha value is -1.35. The number of rotatable bonds is 4. The van der Waals surface area contributed by atoms with Crippen molar-refractivity contribution in [2.75, 3.05) is 28.2 Å². The quantitative estimate of drug-likeness (QED) is 0.449. The third-order valence-corrected chi connectivity index (χ3v) is 2.59. The van der Waals surface area contributed by atoms with E-state index in [4.69, 9.17) is 12.2 Å². The van der Waals surface area contributed by atoms with Gasteiger partial charge in [-0.1, -0.05) is 42.5 Å². The lowest BCUT2D eigenvalue weighted by molar-refractivity contribution is 0.344. The Morgan fingerprint density at radius 2 is 1.50 bits per heavy atom. The molecule has 1 rings (SSSR count). The van der Waals surface area contributed by atoms with E-state index < -0.39 is 0 Å². The molecule has 0 aliphatic rings. The second kappa shape index (κ2) is 5.66. The zero-order chi connectivity index (χ0) is 12.1. The number of allylic oxidation sites excluding steroid dienone is 1. The third-order valence-electron chi connectivity index (χ3n) is 2.23. The van der Waals surface area contributed by atoms with Gasteiger partial charge in [0.2, 0.25) is 0 Å². The Balaban J connectivity index is 2.94. The summed E-state index contributed by atoms with van der Waals surface area (Å²) in [5.74, 6) is 1.09. The summed E-state index contributed by atoms with van der Waals surface area (Å²) >= 11 is 5.41. The second-order valence-electron chi connectivity index (χ2n) is 4.02. The molecule has 86 valence electrons. The molecule has 0 spiro atoms. The molecule has 0 aliphatic heterocycles. The SMILES string of the molecule is CN(C)C(=CC(=S)c1ccccc1)N(C)C. The Labute approximate surface area is 103 Å². The molecular formula is C13H18N2S. The van der Waals surface area contributed by atoms with Crippen molar-refractivity contribution in [1.29, 1.82) is 0 Å². The van der Waals surface area contributed by atoms with Crippen molar-refractivity contribution in [2.24, 2.45) is 0 Å². The van der Waals surface area contributed by atoms with Crippen LogP contribution in [0.4, 0.5) is 0 Å². The van der Waals surface area contributed by atoms with Crippen molar-refractivity contribution in [1.82, 2.24) is 9.80 Å². The Morgan fingerprint density at radius 1 is 1.00 bits per heavy atom. The molecular weight excluding hydrogens is 216 g/mol. The summed E-state index contributed by atoms with van der Waals surface area (Å²) in [6, 6.07) is 10.1. The summed E-state index contributed by atoms with van der Waals surface area (Å²) < 4.78 is 0. The zero-order valence-corrected chi connectivity index (χ0v) is 11.1. The Kier molecular flexibility index (Phi) is 4.50. The summed E-state index contributed by atoms with van der Waals surface area (Å²) in [6.45, 7) is 0. The standard InChI is InChI=1S/C13H18N2S/c1-14(2)13(15(3)4)10-12(16)11-8-6-5-7-9-11/h5-10H,1-4H3. The highest BCUT2D eigenvalue weighted by molar-refractivity contribution is 7.81. The van der Waals surface area contributed by atoms with Gasteiger partial charge in [-0.3, -0.25) is 0 Å². The predicted octanol–water partition coefficient (Wildman–Crippen LogP) is 2.37. The van der Waals surface area contributed by atoms with Crippen LogP contribution in [0.5, 0.6) is 0 Å². The predicted molar refractivity (Wildman–Crippen MR) is 73.6 cm³/mol. The number of nitrogens with zero attached hydrogens (tertiary/aromatic N) is 2. The van der Waals surface area contributed by atoms with Crippen LogP contribution in [-0.4, -0.2) is 42.9 Å². The molecule has 0 bridgehead atoms. The van der Waals surface area contributed by atoms with Crippen LogP contribution in [0.1, 0.15) is 5.56 Å². The largest absolute Gasteiger partial charge is 0.364 e. The van der Waals surface area contributed by atoms with Gasteiger partial charge in [-0.2, -0.15) is 0 Å². The van der Waals surface area contributed by atoms with E-state index >= 15 is 0 Å². The van der Waals surface area contributed by atoms with Crippen LogP contribution >= 0.6 is 12.2 Å². The van der Waals surface area contributed by atoms with Gasteiger partial charge in [0.15, 0.2) is 0 Å². The molecule has 0 atom stereocenters. The summed E-state index contributed by atoms with van der Waals surface area (Å²) in [4.78, 5) is 4.96. The maximum Gasteiger partial charge on any atom is 0.104 e. The molecule has 0 aliphatic carbocycles. The van der Waals surface area contributed by atoms with E-state index in [1.54, 1.807) is 0 Å². The maximum atomic E-state index is 5.41. The zero-order valence-electron chi connectivity index (χ0n) is 10.3. The monoisotopic (exact) mass is 234 g/mol. The molecule has 1 aromatic rings. The Morgan fingerprint density at radius 3 is 1.94 bits per heavy atom. The molecule has 16 heavy (non-hydrogen) atoms. The summed E-state index contributed by atoms with van der Waals surface area (Å²) in [6.07, 6.45) is 2.02. The van der Waals surface area contributed by atoms with Gasteiger partial charge in [0, 0.05) is 33.1 Å². The molecule has 0 fully saturated rings. The van der Waals surface area contributed by atoms with Crippen molar-refractivity contribution in [3.05, 3.63) is 47.8 Å². The van der Waals surface area contributed by atoms with Gasteiger partial charge >= 0.3 is 0 Å². The topological polar surface area (TPSA) is 6.48 Å². The normalized spacial score (nSPS) is 9.50. The number of hydrogen-bond donors (Lipinski definition) is 0. The highest BCUT2D eigenvalue weighted by Gasteiger charge is 2.04. The minimum absolute atomic E-state index is 0.859. The van der Waals surface area contributed by atoms with E-state index in [0.29, 0.717) is 0 Å². The fraction of sp³-hybridized carbons (Fsp3) is 0.308. The minimum Gasteiger partial charge on any atom is -0.364 e. The van der Waals surface area contributed by atoms with Crippen molar-refractivity contribution < 1.29 is 0 Å². The fourth-order valence-corrected chi connectivity index (χ4v) is 1.70. The average Bonchev–Trinajstić information content (AvgIpc) is 2.25. The van der Waals surface area contributed by atoms with Gasteiger partial charge in [-0.05, 0) is 11.6 Å². The molecule has 0 amide bonds. The first-order valence-corrected chi connectivity index (χ1v) is 5.59. The molecule has 3 heteroatoms. The van der Waals surface area contributed by atoms with Crippen LogP contribution < -0.4 is 0 Å². The van der Waals surface area contributed by atoms with Crippen molar-refractivity contribution >= 4 is 17.1 Å². The smallest absolute Gasteiger partial charge is 0.104 e. The van der Waals surface area contributed by atoms with Crippen LogP contribution in [0, 0.1) is 0 Å². The average molecular weight is 234 g/mol. The maximum absolute atomic E-state index is 5.41. The van der Waals surface area contributed by atoms with Gasteiger partial charge < -0.3 is 9.80 Å². The van der Waals surface area contributed by atoms with Gasteiger partial charge in [-0.15, -0.1) is 0 Å². The lowest BCUT2D eigenvalue weighted by atomic mass is 10.1. The minimum atomic E-state index is 0.859. The molecule has 0 saturated carbocycles. The molecule has 0 heterocycles. The van der Waals surface area contributed by atoms with E-state index in [0.717, 1.165) is 16.2 Å². The first-order valence-electron chi connectivity index (χ1n) is 5.18. The van der Waals surface area contributed by atoms with Crippen molar-refractivity contribution in [3.8, 4) is 0 Å². The highest BCUT2D eigenvalue weighted by atomic mass is 32.1. The molecule has 0 unspecified atom stereocenters. The van der Waals surface area contributed by atoms with E-state index in [1.807, 2.05) is 64.6 Å². The van der Waals surface area contributed by atoms with Gasteiger partial charge in [0.1, 0.15) is 5.82 Å². The van der Waals surface area contributed by atoms with Crippen LogP contribution in [0.25, 0.3) is 0 Å². The summed E-state index contributed by atoms with van der Waals surface area (Å²) in [7, 11) is 8.05. The number of benzene rings is 1. The van der Waals surface area contributed by atoms with E-state index in [9.17, 15) is 0 Å². The first kappa shape index (κ1) is 12.7. The molecule has 0 saturated heterocycles. The summed E-state index contributed by atoms with van der Waals surface area (Å²) in [5.41, 5.74) is 1.08. The van der Waals surface area contributed by atoms with Crippen molar-refractivity contribution in [2.45, 2.75) is 0 Å². The summed E-state index contributed by atoms with van der Waals surface area (Å²) in [5, 5.41) is 0. The first-order chi connectivity index (χ1) is 7.52. The lowest BCUT2D eigenvalue weighted by Crippen LogP contribution is -2.25. The van der Waals surface area contributed by atoms with E-state index in [1.165, 1.54) is 0 Å². The van der Waals surface area contributed by atoms with Crippen molar-refractivity contribution in [3.63, 3.8) is 0 Å². The van der Waals surface area contributed by atoms with Gasteiger partial charge in [0.25, 0.3) is 0 Å². The van der Waals surface area contributed by atoms with Crippen LogP contribution in [-0.2, 0) is 0 Å². The lowest BCUT2D eigenvalue weighted by Gasteiger charge is -2.24.